The number of fused-ring (bicyclic) bond motifs is 2. The van der Waals surface area contributed by atoms with E-state index in [1.807, 2.05) is 41.3 Å². The molecule has 1 aromatic heterocycles. The number of carbonyl (C=O) groups is 1. The zero-order valence-electron chi connectivity index (χ0n) is 19.4. The van der Waals surface area contributed by atoms with Crippen molar-refractivity contribution in [2.75, 3.05) is 19.9 Å². The van der Waals surface area contributed by atoms with E-state index in [1.165, 1.54) is 15.7 Å². The SMILES string of the molecule is O=C(c1ccc2c(=O)n(Cc3ccc4c(c3)OCO4)c(=S)[nH]c2c1)N1CC=C(c2ccccc2)CC1. The van der Waals surface area contributed by atoms with Crippen molar-refractivity contribution in [2.24, 2.45) is 0 Å². The average molecular weight is 498 g/mol. The fourth-order valence-corrected chi connectivity index (χ4v) is 4.96. The highest BCUT2D eigenvalue weighted by Gasteiger charge is 2.20. The Morgan fingerprint density at radius 3 is 2.64 bits per heavy atom. The molecule has 2 aliphatic heterocycles. The van der Waals surface area contributed by atoms with Gasteiger partial charge in [-0.15, -0.1) is 0 Å². The van der Waals surface area contributed by atoms with Crippen LogP contribution >= 0.6 is 12.2 Å². The Morgan fingerprint density at radius 1 is 1.00 bits per heavy atom. The molecule has 180 valence electrons. The van der Waals surface area contributed by atoms with Crippen molar-refractivity contribution in [3.8, 4) is 11.5 Å². The van der Waals surface area contributed by atoms with Crippen molar-refractivity contribution in [1.82, 2.24) is 14.5 Å². The number of rotatable bonds is 4. The van der Waals surface area contributed by atoms with Gasteiger partial charge in [0.1, 0.15) is 0 Å². The topological polar surface area (TPSA) is 76.6 Å². The van der Waals surface area contributed by atoms with Crippen molar-refractivity contribution < 1.29 is 14.3 Å². The highest BCUT2D eigenvalue weighted by Crippen LogP contribution is 2.32. The first-order valence-corrected chi connectivity index (χ1v) is 12.2. The van der Waals surface area contributed by atoms with Gasteiger partial charge in [0, 0.05) is 18.7 Å². The van der Waals surface area contributed by atoms with E-state index in [-0.39, 0.29) is 18.3 Å². The predicted molar refractivity (Wildman–Crippen MR) is 140 cm³/mol. The number of H-pyrrole nitrogens is 1. The van der Waals surface area contributed by atoms with Gasteiger partial charge in [-0.3, -0.25) is 14.2 Å². The molecule has 3 aromatic carbocycles. The van der Waals surface area contributed by atoms with E-state index in [0.29, 0.717) is 52.4 Å². The van der Waals surface area contributed by atoms with Crippen molar-refractivity contribution in [3.63, 3.8) is 0 Å². The van der Waals surface area contributed by atoms with E-state index in [0.717, 1.165) is 12.0 Å². The predicted octanol–water partition coefficient (Wildman–Crippen LogP) is 4.77. The first-order chi connectivity index (χ1) is 17.6. The molecule has 0 saturated carbocycles. The number of hydrogen-bond donors (Lipinski definition) is 1. The Bertz CT molecular complexity index is 1640. The van der Waals surface area contributed by atoms with Crippen LogP contribution in [0.5, 0.6) is 11.5 Å². The fraction of sp³-hybridized carbons (Fsp3) is 0.179. The molecule has 0 bridgehead atoms. The molecule has 2 aliphatic rings. The molecule has 6 rings (SSSR count). The summed E-state index contributed by atoms with van der Waals surface area (Å²) in [6.45, 7) is 1.68. The number of ether oxygens (including phenoxy) is 2. The first-order valence-electron chi connectivity index (χ1n) is 11.8. The molecule has 4 aromatic rings. The minimum atomic E-state index is -0.209. The van der Waals surface area contributed by atoms with Crippen LogP contribution in [0, 0.1) is 4.77 Å². The van der Waals surface area contributed by atoms with Crippen molar-refractivity contribution in [1.29, 1.82) is 0 Å². The van der Waals surface area contributed by atoms with E-state index in [9.17, 15) is 9.59 Å². The maximum Gasteiger partial charge on any atom is 0.262 e. The lowest BCUT2D eigenvalue weighted by molar-refractivity contribution is 0.0773. The Balaban J connectivity index is 1.25. The number of nitrogens with zero attached hydrogens (tertiary/aromatic N) is 2. The first kappa shape index (κ1) is 22.3. The van der Waals surface area contributed by atoms with E-state index in [2.05, 4.69) is 23.2 Å². The highest BCUT2D eigenvalue weighted by atomic mass is 32.1. The molecule has 0 radical (unpaired) electrons. The maximum absolute atomic E-state index is 13.3. The summed E-state index contributed by atoms with van der Waals surface area (Å²) in [7, 11) is 0. The molecule has 0 saturated heterocycles. The smallest absolute Gasteiger partial charge is 0.262 e. The lowest BCUT2D eigenvalue weighted by atomic mass is 9.99. The van der Waals surface area contributed by atoms with Crippen LogP contribution < -0.4 is 15.0 Å². The third-order valence-corrected chi connectivity index (χ3v) is 6.97. The van der Waals surface area contributed by atoms with Gasteiger partial charge in [-0.25, -0.2) is 0 Å². The van der Waals surface area contributed by atoms with Gasteiger partial charge in [0.05, 0.1) is 17.4 Å². The number of nitrogens with one attached hydrogen (secondary N) is 1. The molecule has 0 spiro atoms. The van der Waals surface area contributed by atoms with E-state index < -0.39 is 0 Å². The zero-order valence-corrected chi connectivity index (χ0v) is 20.2. The Labute approximate surface area is 212 Å². The quantitative estimate of drug-likeness (QED) is 0.411. The van der Waals surface area contributed by atoms with Crippen LogP contribution in [-0.2, 0) is 6.54 Å². The molecule has 0 fully saturated rings. The largest absolute Gasteiger partial charge is 0.454 e. The molecular weight excluding hydrogens is 474 g/mol. The number of carbonyl (C=O) groups excluding carboxylic acids is 1. The van der Waals surface area contributed by atoms with Gasteiger partial charge in [0.2, 0.25) is 6.79 Å². The van der Waals surface area contributed by atoms with Crippen LogP contribution in [0.25, 0.3) is 16.5 Å². The van der Waals surface area contributed by atoms with Crippen LogP contribution in [-0.4, -0.2) is 40.2 Å². The van der Waals surface area contributed by atoms with Crippen LogP contribution in [0.2, 0.25) is 0 Å². The summed E-state index contributed by atoms with van der Waals surface area (Å²) in [6, 6.07) is 20.9. The summed E-state index contributed by atoms with van der Waals surface area (Å²) in [6.07, 6.45) is 2.91. The summed E-state index contributed by atoms with van der Waals surface area (Å²) in [5.41, 5.74) is 4.19. The second-order valence-electron chi connectivity index (χ2n) is 8.87. The zero-order chi connectivity index (χ0) is 24.6. The van der Waals surface area contributed by atoms with Crippen LogP contribution in [0.3, 0.4) is 0 Å². The molecule has 0 unspecified atom stereocenters. The van der Waals surface area contributed by atoms with Crippen LogP contribution in [0.4, 0.5) is 0 Å². The number of aromatic amines is 1. The number of aromatic nitrogens is 2. The standard InChI is InChI=1S/C28H23N3O4S/c32-26(30-12-10-20(11-13-30)19-4-2-1-3-5-19)21-7-8-22-23(15-21)29-28(36)31(27(22)33)16-18-6-9-24-25(14-18)35-17-34-24/h1-10,14-15H,11-13,16-17H2,(H,29,36). The monoisotopic (exact) mass is 497 g/mol. The summed E-state index contributed by atoms with van der Waals surface area (Å²) in [5.74, 6) is 1.28. The minimum absolute atomic E-state index is 0.0656. The molecule has 0 aliphatic carbocycles. The molecular formula is C28H23N3O4S. The second kappa shape index (κ2) is 9.13. The Morgan fingerprint density at radius 2 is 1.83 bits per heavy atom. The Kier molecular flexibility index (Phi) is 5.65. The van der Waals surface area contributed by atoms with Gasteiger partial charge in [-0.1, -0.05) is 42.5 Å². The van der Waals surface area contributed by atoms with Gasteiger partial charge in [-0.2, -0.15) is 0 Å². The van der Waals surface area contributed by atoms with Gasteiger partial charge < -0.3 is 19.4 Å². The lowest BCUT2D eigenvalue weighted by Crippen LogP contribution is -2.34. The second-order valence-corrected chi connectivity index (χ2v) is 9.25. The molecule has 8 heteroatoms. The van der Waals surface area contributed by atoms with Gasteiger partial charge in [-0.05, 0) is 65.7 Å². The molecule has 1 N–H and O–H groups in total. The third-order valence-electron chi connectivity index (χ3n) is 6.65. The fourth-order valence-electron chi connectivity index (χ4n) is 4.70. The number of hydrogen-bond acceptors (Lipinski definition) is 5. The number of amides is 1. The van der Waals surface area contributed by atoms with Crippen molar-refractivity contribution in [2.45, 2.75) is 13.0 Å². The van der Waals surface area contributed by atoms with E-state index in [1.54, 1.807) is 18.2 Å². The maximum atomic E-state index is 13.3. The van der Waals surface area contributed by atoms with Crippen LogP contribution in [0.1, 0.15) is 27.9 Å². The molecule has 3 heterocycles. The normalized spacial score (nSPS) is 14.7. The van der Waals surface area contributed by atoms with Crippen molar-refractivity contribution in [3.05, 3.63) is 105 Å². The lowest BCUT2D eigenvalue weighted by Gasteiger charge is -2.27. The minimum Gasteiger partial charge on any atom is -0.454 e. The van der Waals surface area contributed by atoms with Gasteiger partial charge in [0.25, 0.3) is 11.5 Å². The molecule has 1 amide bonds. The summed E-state index contributed by atoms with van der Waals surface area (Å²) in [5, 5.41) is 0.478. The van der Waals surface area contributed by atoms with E-state index >= 15 is 0 Å². The molecule has 0 atom stereocenters. The summed E-state index contributed by atoms with van der Waals surface area (Å²) < 4.78 is 12.6. The van der Waals surface area contributed by atoms with Crippen LogP contribution in [0.15, 0.2) is 77.6 Å². The van der Waals surface area contributed by atoms with Gasteiger partial charge >= 0.3 is 0 Å². The average Bonchev–Trinajstić information content (AvgIpc) is 3.39. The summed E-state index contributed by atoms with van der Waals surface area (Å²) in [4.78, 5) is 31.4. The van der Waals surface area contributed by atoms with Gasteiger partial charge in [0.15, 0.2) is 16.3 Å². The Hall–Kier alpha value is -4.17. The van der Waals surface area contributed by atoms with Crippen molar-refractivity contribution >= 4 is 34.6 Å². The molecule has 36 heavy (non-hydrogen) atoms. The van der Waals surface area contributed by atoms with E-state index in [4.69, 9.17) is 21.7 Å². The summed E-state index contributed by atoms with van der Waals surface area (Å²) >= 11 is 5.51. The number of benzene rings is 3. The highest BCUT2D eigenvalue weighted by molar-refractivity contribution is 7.71. The molecule has 7 nitrogen and oxygen atoms in total. The third kappa shape index (κ3) is 4.09.